The van der Waals surface area contributed by atoms with Crippen molar-refractivity contribution < 1.29 is 0 Å². The molecule has 0 aliphatic carbocycles. The van der Waals surface area contributed by atoms with Gasteiger partial charge < -0.3 is 5.73 Å². The van der Waals surface area contributed by atoms with E-state index in [0.717, 1.165) is 31.7 Å². The lowest BCUT2D eigenvalue weighted by molar-refractivity contribution is 0.157. The fourth-order valence-corrected chi connectivity index (χ4v) is 2.75. The summed E-state index contributed by atoms with van der Waals surface area (Å²) in [5.41, 5.74) is 6.85. The Morgan fingerprint density at radius 1 is 1.41 bits per heavy atom. The Morgan fingerprint density at radius 3 is 2.88 bits per heavy atom. The van der Waals surface area contributed by atoms with Crippen molar-refractivity contribution in [3.05, 3.63) is 28.0 Å². The first-order valence-corrected chi connectivity index (χ1v) is 6.59. The summed E-state index contributed by atoms with van der Waals surface area (Å²) in [6, 6.07) is 3.74. The average Bonchev–Trinajstić information content (AvgIpc) is 2.22. The topological polar surface area (TPSA) is 42.1 Å². The Morgan fingerprint density at radius 2 is 2.18 bits per heavy atom. The third-order valence-electron chi connectivity index (χ3n) is 3.03. The van der Waals surface area contributed by atoms with Crippen LogP contribution in [0.3, 0.4) is 0 Å². The van der Waals surface area contributed by atoms with E-state index < -0.39 is 0 Å². The molecule has 2 heterocycles. The molecule has 2 unspecified atom stereocenters. The molecule has 1 aliphatic heterocycles. The summed E-state index contributed by atoms with van der Waals surface area (Å²) in [6.45, 7) is 4.88. The van der Waals surface area contributed by atoms with Crippen LogP contribution >= 0.6 is 23.2 Å². The molecule has 1 saturated heterocycles. The lowest BCUT2D eigenvalue weighted by Gasteiger charge is -2.34. The number of nitrogens with zero attached hydrogens (tertiary/aromatic N) is 2. The molecule has 1 aromatic rings. The largest absolute Gasteiger partial charge is 0.327 e. The maximum Gasteiger partial charge on any atom is 0.129 e. The fourth-order valence-electron chi connectivity index (χ4n) is 2.42. The normalized spacial score (nSPS) is 26.1. The van der Waals surface area contributed by atoms with Crippen molar-refractivity contribution in [2.24, 2.45) is 11.7 Å². The van der Waals surface area contributed by atoms with Gasteiger partial charge in [-0.2, -0.15) is 0 Å². The summed E-state index contributed by atoms with van der Waals surface area (Å²) in [6.07, 6.45) is 1.09. The lowest BCUT2D eigenvalue weighted by Crippen LogP contribution is -2.45. The SMILES string of the molecule is CC1CC(N)CN(Cc2nc(Cl)ccc2Cl)C1. The van der Waals surface area contributed by atoms with Gasteiger partial charge in [0, 0.05) is 25.7 Å². The number of hydrogen-bond acceptors (Lipinski definition) is 3. The molecule has 17 heavy (non-hydrogen) atoms. The summed E-state index contributed by atoms with van der Waals surface area (Å²) < 4.78 is 0. The second-order valence-electron chi connectivity index (χ2n) is 4.86. The molecule has 3 nitrogen and oxygen atoms in total. The van der Waals surface area contributed by atoms with E-state index >= 15 is 0 Å². The van der Waals surface area contributed by atoms with E-state index in [1.165, 1.54) is 0 Å². The number of nitrogens with two attached hydrogens (primary N) is 1. The Balaban J connectivity index is 2.07. The predicted molar refractivity (Wildman–Crippen MR) is 71.3 cm³/mol. The highest BCUT2D eigenvalue weighted by Crippen LogP contribution is 2.21. The Bertz CT molecular complexity index is 387. The highest BCUT2D eigenvalue weighted by molar-refractivity contribution is 6.32. The van der Waals surface area contributed by atoms with Gasteiger partial charge >= 0.3 is 0 Å². The van der Waals surface area contributed by atoms with Gasteiger partial charge in [-0.05, 0) is 24.5 Å². The van der Waals surface area contributed by atoms with Crippen LogP contribution in [0.2, 0.25) is 10.2 Å². The number of halogens is 2. The zero-order valence-corrected chi connectivity index (χ0v) is 11.4. The molecule has 5 heteroatoms. The van der Waals surface area contributed by atoms with Crippen molar-refractivity contribution in [1.29, 1.82) is 0 Å². The monoisotopic (exact) mass is 273 g/mol. The summed E-state index contributed by atoms with van der Waals surface area (Å²) in [4.78, 5) is 6.56. The summed E-state index contributed by atoms with van der Waals surface area (Å²) in [5.74, 6) is 0.622. The minimum absolute atomic E-state index is 0.247. The number of hydrogen-bond donors (Lipinski definition) is 1. The van der Waals surface area contributed by atoms with E-state index in [-0.39, 0.29) is 6.04 Å². The molecular weight excluding hydrogens is 257 g/mol. The van der Waals surface area contributed by atoms with E-state index in [1.54, 1.807) is 12.1 Å². The maximum atomic E-state index is 6.11. The van der Waals surface area contributed by atoms with Crippen LogP contribution in [-0.2, 0) is 6.54 Å². The van der Waals surface area contributed by atoms with Crippen LogP contribution in [0.1, 0.15) is 19.0 Å². The molecule has 1 aromatic heterocycles. The first kappa shape index (κ1) is 13.1. The molecule has 2 N–H and O–H groups in total. The van der Waals surface area contributed by atoms with Crippen LogP contribution in [0.5, 0.6) is 0 Å². The minimum Gasteiger partial charge on any atom is -0.327 e. The molecule has 0 radical (unpaired) electrons. The second kappa shape index (κ2) is 5.53. The van der Waals surface area contributed by atoms with E-state index in [0.29, 0.717) is 16.1 Å². The molecule has 2 atom stereocenters. The smallest absolute Gasteiger partial charge is 0.129 e. The molecule has 0 amide bonds. The molecule has 1 aliphatic rings. The average molecular weight is 274 g/mol. The molecule has 0 aromatic carbocycles. The van der Waals surface area contributed by atoms with Crippen molar-refractivity contribution in [2.75, 3.05) is 13.1 Å². The third kappa shape index (κ3) is 3.55. The Labute approximate surface area is 112 Å². The summed E-state index contributed by atoms with van der Waals surface area (Å²) in [5, 5.41) is 1.15. The van der Waals surface area contributed by atoms with E-state index in [4.69, 9.17) is 28.9 Å². The predicted octanol–water partition coefficient (Wildman–Crippen LogP) is 2.56. The van der Waals surface area contributed by atoms with Gasteiger partial charge in [0.1, 0.15) is 5.15 Å². The van der Waals surface area contributed by atoms with Crippen molar-refractivity contribution >= 4 is 23.2 Å². The molecular formula is C12H17Cl2N3. The Hall–Kier alpha value is -0.350. The third-order valence-corrected chi connectivity index (χ3v) is 3.58. The fraction of sp³-hybridized carbons (Fsp3) is 0.583. The number of piperidine rings is 1. The van der Waals surface area contributed by atoms with E-state index in [2.05, 4.69) is 16.8 Å². The van der Waals surface area contributed by atoms with Crippen molar-refractivity contribution in [1.82, 2.24) is 9.88 Å². The van der Waals surface area contributed by atoms with Gasteiger partial charge in [-0.3, -0.25) is 4.90 Å². The zero-order valence-electron chi connectivity index (χ0n) is 9.87. The highest BCUT2D eigenvalue weighted by Gasteiger charge is 2.22. The molecule has 1 fully saturated rings. The first-order valence-electron chi connectivity index (χ1n) is 5.83. The van der Waals surface area contributed by atoms with E-state index in [1.807, 2.05) is 0 Å². The number of pyridine rings is 1. The van der Waals surface area contributed by atoms with Crippen LogP contribution in [0.25, 0.3) is 0 Å². The summed E-state index contributed by atoms with van der Waals surface area (Å²) in [7, 11) is 0. The van der Waals surface area contributed by atoms with Gasteiger partial charge in [-0.15, -0.1) is 0 Å². The zero-order chi connectivity index (χ0) is 12.4. The number of likely N-dealkylation sites (tertiary alicyclic amines) is 1. The molecule has 0 spiro atoms. The van der Waals surface area contributed by atoms with Gasteiger partial charge in [0.05, 0.1) is 10.7 Å². The van der Waals surface area contributed by atoms with Crippen LogP contribution in [0.15, 0.2) is 12.1 Å². The minimum atomic E-state index is 0.247. The first-order chi connectivity index (χ1) is 8.04. The van der Waals surface area contributed by atoms with Crippen LogP contribution in [-0.4, -0.2) is 29.0 Å². The van der Waals surface area contributed by atoms with Crippen molar-refractivity contribution in [2.45, 2.75) is 25.9 Å². The number of aromatic nitrogens is 1. The maximum absolute atomic E-state index is 6.11. The van der Waals surface area contributed by atoms with Crippen molar-refractivity contribution in [3.63, 3.8) is 0 Å². The second-order valence-corrected chi connectivity index (χ2v) is 5.65. The molecule has 94 valence electrons. The van der Waals surface area contributed by atoms with E-state index in [9.17, 15) is 0 Å². The standard InChI is InChI=1S/C12H17Cl2N3/c1-8-4-9(15)6-17(5-8)7-11-10(13)2-3-12(14)16-11/h2-3,8-9H,4-7,15H2,1H3. The van der Waals surface area contributed by atoms with Crippen LogP contribution in [0.4, 0.5) is 0 Å². The molecule has 0 bridgehead atoms. The summed E-state index contributed by atoms with van der Waals surface area (Å²) >= 11 is 12.0. The van der Waals surface area contributed by atoms with Gasteiger partial charge in [-0.25, -0.2) is 4.98 Å². The van der Waals surface area contributed by atoms with Gasteiger partial charge in [0.15, 0.2) is 0 Å². The van der Waals surface area contributed by atoms with Crippen molar-refractivity contribution in [3.8, 4) is 0 Å². The van der Waals surface area contributed by atoms with Gasteiger partial charge in [-0.1, -0.05) is 30.1 Å². The van der Waals surface area contributed by atoms with Gasteiger partial charge in [0.25, 0.3) is 0 Å². The quantitative estimate of drug-likeness (QED) is 0.843. The van der Waals surface area contributed by atoms with Crippen LogP contribution < -0.4 is 5.73 Å². The Kier molecular flexibility index (Phi) is 4.26. The number of rotatable bonds is 2. The van der Waals surface area contributed by atoms with Crippen LogP contribution in [0, 0.1) is 5.92 Å². The molecule has 2 rings (SSSR count). The highest BCUT2D eigenvalue weighted by atomic mass is 35.5. The lowest BCUT2D eigenvalue weighted by atomic mass is 9.96. The molecule has 0 saturated carbocycles. The van der Waals surface area contributed by atoms with Gasteiger partial charge in [0.2, 0.25) is 0 Å².